The second kappa shape index (κ2) is 6.76. The van der Waals surface area contributed by atoms with Crippen molar-refractivity contribution in [1.82, 2.24) is 15.1 Å². The van der Waals surface area contributed by atoms with Gasteiger partial charge in [0.05, 0.1) is 6.26 Å². The van der Waals surface area contributed by atoms with Crippen LogP contribution in [0.25, 0.3) is 11.5 Å². The first-order valence-electron chi connectivity index (χ1n) is 8.18. The van der Waals surface area contributed by atoms with Crippen molar-refractivity contribution in [2.45, 2.75) is 19.3 Å². The minimum Gasteiger partial charge on any atom is -0.461 e. The fourth-order valence-corrected chi connectivity index (χ4v) is 2.81. The van der Waals surface area contributed by atoms with E-state index in [0.717, 1.165) is 31.7 Å². The molecule has 1 amide bonds. The van der Waals surface area contributed by atoms with Crippen LogP contribution in [-0.2, 0) is 0 Å². The van der Waals surface area contributed by atoms with Gasteiger partial charge in [0.2, 0.25) is 5.76 Å². The van der Waals surface area contributed by atoms with E-state index in [1.54, 1.807) is 18.2 Å². The highest BCUT2D eigenvalue weighted by molar-refractivity contribution is 6.02. The number of carbonyl (C=O) groups excluding carboxylic acids is 1. The number of furan rings is 1. The fraction of sp³-hybridized carbons (Fsp3) is 0.294. The van der Waals surface area contributed by atoms with Gasteiger partial charge in [-0.1, -0.05) is 5.16 Å². The lowest BCUT2D eigenvalue weighted by Crippen LogP contribution is -2.30. The van der Waals surface area contributed by atoms with Crippen molar-refractivity contribution in [2.75, 3.05) is 23.3 Å². The van der Waals surface area contributed by atoms with E-state index in [-0.39, 0.29) is 5.69 Å². The fourth-order valence-electron chi connectivity index (χ4n) is 2.81. The highest BCUT2D eigenvalue weighted by Crippen LogP contribution is 2.22. The Hall–Kier alpha value is -3.16. The SMILES string of the molecule is O=C(Nc1cc(N2CCCCC2)ncn1)c1cc(-c2ccco2)on1. The molecule has 0 spiro atoms. The predicted octanol–water partition coefficient (Wildman–Crippen LogP) is 2.97. The van der Waals surface area contributed by atoms with Gasteiger partial charge in [-0.05, 0) is 31.4 Å². The molecule has 4 rings (SSSR count). The molecule has 8 heteroatoms. The largest absolute Gasteiger partial charge is 0.461 e. The van der Waals surface area contributed by atoms with E-state index in [4.69, 9.17) is 8.94 Å². The highest BCUT2D eigenvalue weighted by atomic mass is 16.5. The summed E-state index contributed by atoms with van der Waals surface area (Å²) < 4.78 is 10.4. The summed E-state index contributed by atoms with van der Waals surface area (Å²) in [6, 6.07) is 6.77. The van der Waals surface area contributed by atoms with Gasteiger partial charge >= 0.3 is 0 Å². The number of piperidine rings is 1. The Morgan fingerprint density at radius 3 is 2.80 bits per heavy atom. The van der Waals surface area contributed by atoms with Gasteiger partial charge < -0.3 is 19.2 Å². The monoisotopic (exact) mass is 339 g/mol. The van der Waals surface area contributed by atoms with Crippen LogP contribution in [0.1, 0.15) is 29.8 Å². The van der Waals surface area contributed by atoms with Gasteiger partial charge in [-0.15, -0.1) is 0 Å². The van der Waals surface area contributed by atoms with Crippen LogP contribution in [0, 0.1) is 0 Å². The van der Waals surface area contributed by atoms with E-state index in [9.17, 15) is 4.79 Å². The first kappa shape index (κ1) is 15.4. The molecule has 3 aromatic heterocycles. The molecule has 0 aromatic carbocycles. The van der Waals surface area contributed by atoms with Crippen LogP contribution in [0.3, 0.4) is 0 Å². The van der Waals surface area contributed by atoms with Crippen molar-refractivity contribution in [3.05, 3.63) is 42.5 Å². The van der Waals surface area contributed by atoms with Crippen molar-refractivity contribution in [3.63, 3.8) is 0 Å². The Balaban J connectivity index is 1.47. The standard InChI is InChI=1S/C17H17N5O3/c23-17(12-9-14(25-21-12)13-5-4-8-24-13)20-15-10-16(19-11-18-15)22-6-2-1-3-7-22/h4-5,8-11H,1-3,6-7H2,(H,18,19,20,23). The lowest BCUT2D eigenvalue weighted by molar-refractivity contribution is 0.101. The summed E-state index contributed by atoms with van der Waals surface area (Å²) in [7, 11) is 0. The molecular formula is C17H17N5O3. The number of anilines is 2. The zero-order valence-electron chi connectivity index (χ0n) is 13.5. The van der Waals surface area contributed by atoms with Crippen molar-refractivity contribution in [3.8, 4) is 11.5 Å². The summed E-state index contributed by atoms with van der Waals surface area (Å²) in [4.78, 5) is 23.0. The Morgan fingerprint density at radius 2 is 2.00 bits per heavy atom. The highest BCUT2D eigenvalue weighted by Gasteiger charge is 2.17. The summed E-state index contributed by atoms with van der Waals surface area (Å²) >= 11 is 0. The minimum atomic E-state index is -0.398. The molecule has 0 saturated carbocycles. The van der Waals surface area contributed by atoms with Gasteiger partial charge in [-0.2, -0.15) is 0 Å². The van der Waals surface area contributed by atoms with Gasteiger partial charge in [0.15, 0.2) is 11.5 Å². The van der Waals surface area contributed by atoms with Crippen LogP contribution >= 0.6 is 0 Å². The van der Waals surface area contributed by atoms with Crippen LogP contribution in [-0.4, -0.2) is 34.1 Å². The third-order valence-corrected chi connectivity index (χ3v) is 4.08. The van der Waals surface area contributed by atoms with Gasteiger partial charge in [0.1, 0.15) is 18.0 Å². The maximum Gasteiger partial charge on any atom is 0.279 e. The number of rotatable bonds is 4. The van der Waals surface area contributed by atoms with Crippen molar-refractivity contribution >= 4 is 17.5 Å². The van der Waals surface area contributed by atoms with Gasteiger partial charge in [-0.25, -0.2) is 9.97 Å². The third kappa shape index (κ3) is 3.37. The normalized spacial score (nSPS) is 14.5. The third-order valence-electron chi connectivity index (χ3n) is 4.08. The minimum absolute atomic E-state index is 0.157. The summed E-state index contributed by atoms with van der Waals surface area (Å²) in [6.45, 7) is 1.94. The van der Waals surface area contributed by atoms with Crippen LogP contribution in [0.5, 0.6) is 0 Å². The van der Waals surface area contributed by atoms with Crippen molar-refractivity contribution in [2.24, 2.45) is 0 Å². The topological polar surface area (TPSA) is 97.3 Å². The molecule has 0 atom stereocenters. The van der Waals surface area contributed by atoms with Gasteiger partial charge in [-0.3, -0.25) is 4.79 Å². The second-order valence-corrected chi connectivity index (χ2v) is 5.82. The first-order chi connectivity index (χ1) is 12.3. The predicted molar refractivity (Wildman–Crippen MR) is 90.3 cm³/mol. The average molecular weight is 339 g/mol. The summed E-state index contributed by atoms with van der Waals surface area (Å²) in [6.07, 6.45) is 6.53. The number of aromatic nitrogens is 3. The molecule has 3 aromatic rings. The number of amides is 1. The Kier molecular flexibility index (Phi) is 4.16. The van der Waals surface area contributed by atoms with Gasteiger partial charge in [0, 0.05) is 25.2 Å². The first-order valence-corrected chi connectivity index (χ1v) is 8.18. The molecule has 0 unspecified atom stereocenters. The molecule has 0 bridgehead atoms. The maximum absolute atomic E-state index is 12.3. The summed E-state index contributed by atoms with van der Waals surface area (Å²) in [5.74, 6) is 1.77. The van der Waals surface area contributed by atoms with Crippen molar-refractivity contribution < 1.29 is 13.7 Å². The summed E-state index contributed by atoms with van der Waals surface area (Å²) in [5, 5.41) is 6.51. The lowest BCUT2D eigenvalue weighted by atomic mass is 10.1. The second-order valence-electron chi connectivity index (χ2n) is 5.82. The van der Waals surface area contributed by atoms with Crippen molar-refractivity contribution in [1.29, 1.82) is 0 Å². The average Bonchev–Trinajstić information content (AvgIpc) is 3.34. The molecule has 8 nitrogen and oxygen atoms in total. The van der Waals surface area contributed by atoms with E-state index < -0.39 is 5.91 Å². The Morgan fingerprint density at radius 1 is 1.12 bits per heavy atom. The van der Waals surface area contributed by atoms with E-state index in [1.807, 2.05) is 0 Å². The number of carbonyl (C=O) groups is 1. The molecule has 4 heterocycles. The Bertz CT molecular complexity index is 853. The van der Waals surface area contributed by atoms with E-state index in [0.29, 0.717) is 17.3 Å². The quantitative estimate of drug-likeness (QED) is 0.780. The summed E-state index contributed by atoms with van der Waals surface area (Å²) in [5.41, 5.74) is 0.157. The van der Waals surface area contributed by atoms with Crippen LogP contribution in [0.15, 0.2) is 45.8 Å². The molecule has 1 aliphatic rings. The smallest absolute Gasteiger partial charge is 0.279 e. The molecule has 1 N–H and O–H groups in total. The number of nitrogens with one attached hydrogen (secondary N) is 1. The number of hydrogen-bond acceptors (Lipinski definition) is 7. The van der Waals surface area contributed by atoms with Gasteiger partial charge in [0.25, 0.3) is 5.91 Å². The van der Waals surface area contributed by atoms with Crippen LogP contribution < -0.4 is 10.2 Å². The van der Waals surface area contributed by atoms with E-state index in [2.05, 4.69) is 25.3 Å². The molecule has 25 heavy (non-hydrogen) atoms. The molecule has 1 saturated heterocycles. The lowest BCUT2D eigenvalue weighted by Gasteiger charge is -2.27. The molecule has 0 radical (unpaired) electrons. The number of hydrogen-bond donors (Lipinski definition) is 1. The number of nitrogens with zero attached hydrogens (tertiary/aromatic N) is 4. The molecule has 128 valence electrons. The van der Waals surface area contributed by atoms with Crippen LogP contribution in [0.2, 0.25) is 0 Å². The molecular weight excluding hydrogens is 322 g/mol. The maximum atomic E-state index is 12.3. The van der Waals surface area contributed by atoms with E-state index >= 15 is 0 Å². The van der Waals surface area contributed by atoms with E-state index in [1.165, 1.54) is 25.1 Å². The van der Waals surface area contributed by atoms with Crippen LogP contribution in [0.4, 0.5) is 11.6 Å². The molecule has 1 aliphatic heterocycles. The molecule has 1 fully saturated rings. The Labute approximate surface area is 143 Å². The zero-order valence-corrected chi connectivity index (χ0v) is 13.5. The molecule has 0 aliphatic carbocycles. The zero-order chi connectivity index (χ0) is 17.1.